The smallest absolute Gasteiger partial charge is 0.228 e. The topological polar surface area (TPSA) is 75.6 Å². The highest BCUT2D eigenvalue weighted by Gasteiger charge is 2.04. The molecule has 3 rings (SSSR count). The van der Waals surface area contributed by atoms with Gasteiger partial charge in [0.2, 0.25) is 11.9 Å². The third-order valence-corrected chi connectivity index (χ3v) is 4.41. The molecule has 3 aromatic rings. The SMILES string of the molecule is CSc1nc(Nc2ccc(Nc3ncccn3)cc2)ncc1Br. The van der Waals surface area contributed by atoms with Crippen LogP contribution in [0.4, 0.5) is 23.3 Å². The summed E-state index contributed by atoms with van der Waals surface area (Å²) in [6.45, 7) is 0. The maximum atomic E-state index is 4.43. The van der Waals surface area contributed by atoms with Crippen LogP contribution < -0.4 is 10.6 Å². The number of hydrogen-bond acceptors (Lipinski definition) is 7. The summed E-state index contributed by atoms with van der Waals surface area (Å²) in [6, 6.07) is 9.53. The van der Waals surface area contributed by atoms with E-state index in [0.29, 0.717) is 11.9 Å². The maximum absolute atomic E-state index is 4.43. The Morgan fingerprint density at radius 3 is 2.13 bits per heavy atom. The lowest BCUT2D eigenvalue weighted by Crippen LogP contribution is -1.99. The van der Waals surface area contributed by atoms with Gasteiger partial charge in [0.25, 0.3) is 0 Å². The van der Waals surface area contributed by atoms with E-state index in [4.69, 9.17) is 0 Å². The molecular weight excluding hydrogens is 376 g/mol. The predicted molar refractivity (Wildman–Crippen MR) is 96.6 cm³/mol. The van der Waals surface area contributed by atoms with Crippen molar-refractivity contribution in [2.75, 3.05) is 16.9 Å². The largest absolute Gasteiger partial charge is 0.324 e. The van der Waals surface area contributed by atoms with Crippen molar-refractivity contribution in [2.24, 2.45) is 0 Å². The van der Waals surface area contributed by atoms with E-state index in [-0.39, 0.29) is 0 Å². The molecule has 0 radical (unpaired) electrons. The summed E-state index contributed by atoms with van der Waals surface area (Å²) in [6.07, 6.45) is 7.10. The van der Waals surface area contributed by atoms with E-state index in [0.717, 1.165) is 20.9 Å². The summed E-state index contributed by atoms with van der Waals surface area (Å²) in [5.41, 5.74) is 1.81. The number of hydrogen-bond donors (Lipinski definition) is 2. The first-order chi connectivity index (χ1) is 11.2. The van der Waals surface area contributed by atoms with Crippen LogP contribution in [0.2, 0.25) is 0 Å². The molecule has 8 heteroatoms. The van der Waals surface area contributed by atoms with Gasteiger partial charge in [-0.1, -0.05) is 0 Å². The molecule has 0 saturated carbocycles. The zero-order valence-corrected chi connectivity index (χ0v) is 14.6. The summed E-state index contributed by atoms with van der Waals surface area (Å²) in [5.74, 6) is 1.12. The van der Waals surface area contributed by atoms with E-state index >= 15 is 0 Å². The van der Waals surface area contributed by atoms with Crippen LogP contribution in [0, 0.1) is 0 Å². The molecule has 0 aliphatic heterocycles. The van der Waals surface area contributed by atoms with Gasteiger partial charge in [-0.05, 0) is 52.5 Å². The number of nitrogens with zero attached hydrogens (tertiary/aromatic N) is 4. The molecule has 0 spiro atoms. The van der Waals surface area contributed by atoms with Gasteiger partial charge in [-0.15, -0.1) is 11.8 Å². The van der Waals surface area contributed by atoms with Crippen molar-refractivity contribution in [1.82, 2.24) is 19.9 Å². The van der Waals surface area contributed by atoms with Crippen molar-refractivity contribution < 1.29 is 0 Å². The Kier molecular flexibility index (Phi) is 5.04. The first-order valence-electron chi connectivity index (χ1n) is 6.72. The van der Waals surface area contributed by atoms with Crippen molar-refractivity contribution >= 4 is 51.0 Å². The van der Waals surface area contributed by atoms with E-state index in [2.05, 4.69) is 46.5 Å². The van der Waals surface area contributed by atoms with E-state index in [1.165, 1.54) is 0 Å². The molecule has 6 nitrogen and oxygen atoms in total. The molecule has 0 aliphatic rings. The first-order valence-corrected chi connectivity index (χ1v) is 8.74. The van der Waals surface area contributed by atoms with Crippen molar-refractivity contribution in [3.8, 4) is 0 Å². The number of rotatable bonds is 5. The van der Waals surface area contributed by atoms with Gasteiger partial charge in [0.15, 0.2) is 0 Å². The molecule has 0 bridgehead atoms. The second-order valence-electron chi connectivity index (χ2n) is 4.45. The van der Waals surface area contributed by atoms with E-state index in [1.807, 2.05) is 30.5 Å². The van der Waals surface area contributed by atoms with Gasteiger partial charge in [0.05, 0.1) is 4.47 Å². The molecule has 0 unspecified atom stereocenters. The number of benzene rings is 1. The van der Waals surface area contributed by atoms with E-state index in [9.17, 15) is 0 Å². The Morgan fingerprint density at radius 1 is 0.913 bits per heavy atom. The van der Waals surface area contributed by atoms with Gasteiger partial charge in [-0.3, -0.25) is 0 Å². The van der Waals surface area contributed by atoms with Gasteiger partial charge in [-0.2, -0.15) is 0 Å². The Bertz CT molecular complexity index is 782. The van der Waals surface area contributed by atoms with E-state index in [1.54, 1.807) is 36.4 Å². The number of anilines is 4. The summed E-state index contributed by atoms with van der Waals surface area (Å²) >= 11 is 4.99. The minimum absolute atomic E-state index is 0.560. The van der Waals surface area contributed by atoms with Crippen LogP contribution in [0.1, 0.15) is 0 Å². The van der Waals surface area contributed by atoms with Gasteiger partial charge in [0, 0.05) is 30.0 Å². The Labute approximate surface area is 146 Å². The van der Waals surface area contributed by atoms with Crippen molar-refractivity contribution in [1.29, 1.82) is 0 Å². The number of nitrogens with one attached hydrogen (secondary N) is 2. The Morgan fingerprint density at radius 2 is 1.52 bits per heavy atom. The van der Waals surface area contributed by atoms with Crippen LogP contribution >= 0.6 is 27.7 Å². The average Bonchev–Trinajstić information content (AvgIpc) is 2.59. The van der Waals surface area contributed by atoms with Gasteiger partial charge < -0.3 is 10.6 Å². The molecule has 116 valence electrons. The minimum atomic E-state index is 0.560. The predicted octanol–water partition coefficient (Wildman–Crippen LogP) is 4.24. The molecule has 2 aromatic heterocycles. The summed E-state index contributed by atoms with van der Waals surface area (Å²) in [5, 5.41) is 7.20. The lowest BCUT2D eigenvalue weighted by molar-refractivity contribution is 1.04. The van der Waals surface area contributed by atoms with Crippen molar-refractivity contribution in [3.63, 3.8) is 0 Å². The average molecular weight is 389 g/mol. The molecule has 2 N–H and O–H groups in total. The lowest BCUT2D eigenvalue weighted by atomic mass is 10.3. The second kappa shape index (κ2) is 7.38. The van der Waals surface area contributed by atoms with Crippen molar-refractivity contribution in [3.05, 3.63) is 53.4 Å². The van der Waals surface area contributed by atoms with Gasteiger partial charge in [-0.25, -0.2) is 19.9 Å². The molecule has 0 atom stereocenters. The third kappa shape index (κ3) is 4.17. The Balaban J connectivity index is 1.70. The molecule has 0 amide bonds. The third-order valence-electron chi connectivity index (χ3n) is 2.87. The highest BCUT2D eigenvalue weighted by atomic mass is 79.9. The standard InChI is InChI=1S/C15H13BrN6S/c1-23-13-12(16)9-19-15(22-13)21-11-5-3-10(4-6-11)20-14-17-7-2-8-18-14/h2-9H,1H3,(H,17,18,20)(H,19,21,22). The zero-order valence-electron chi connectivity index (χ0n) is 12.2. The van der Waals surface area contributed by atoms with Crippen LogP contribution in [0.3, 0.4) is 0 Å². The van der Waals surface area contributed by atoms with Crippen molar-refractivity contribution in [2.45, 2.75) is 5.03 Å². The van der Waals surface area contributed by atoms with Gasteiger partial charge in [0.1, 0.15) is 5.03 Å². The monoisotopic (exact) mass is 388 g/mol. The molecule has 0 saturated heterocycles. The lowest BCUT2D eigenvalue weighted by Gasteiger charge is -2.08. The summed E-state index contributed by atoms with van der Waals surface area (Å²) in [4.78, 5) is 16.9. The number of thioether (sulfide) groups is 1. The first kappa shape index (κ1) is 15.7. The molecule has 0 fully saturated rings. The summed E-state index contributed by atoms with van der Waals surface area (Å²) < 4.78 is 0.887. The highest BCUT2D eigenvalue weighted by molar-refractivity contribution is 9.10. The summed E-state index contributed by atoms with van der Waals surface area (Å²) in [7, 11) is 0. The Hall–Kier alpha value is -2.19. The van der Waals surface area contributed by atoms with Crippen LogP contribution in [0.25, 0.3) is 0 Å². The zero-order chi connectivity index (χ0) is 16.1. The maximum Gasteiger partial charge on any atom is 0.228 e. The van der Waals surface area contributed by atoms with E-state index < -0.39 is 0 Å². The molecular formula is C15H13BrN6S. The molecule has 23 heavy (non-hydrogen) atoms. The quantitative estimate of drug-likeness (QED) is 0.499. The minimum Gasteiger partial charge on any atom is -0.324 e. The molecule has 0 aliphatic carbocycles. The number of halogens is 1. The van der Waals surface area contributed by atoms with Crippen LogP contribution in [0.5, 0.6) is 0 Å². The fourth-order valence-electron chi connectivity index (χ4n) is 1.81. The number of aromatic nitrogens is 4. The normalized spacial score (nSPS) is 10.3. The highest BCUT2D eigenvalue weighted by Crippen LogP contribution is 2.25. The second-order valence-corrected chi connectivity index (χ2v) is 6.10. The fourth-order valence-corrected chi connectivity index (χ4v) is 2.92. The van der Waals surface area contributed by atoms with Gasteiger partial charge >= 0.3 is 0 Å². The fraction of sp³-hybridized carbons (Fsp3) is 0.0667. The molecule has 1 aromatic carbocycles. The van der Waals surface area contributed by atoms with Crippen LogP contribution in [-0.2, 0) is 0 Å². The molecule has 2 heterocycles. The van der Waals surface area contributed by atoms with Crippen LogP contribution in [-0.4, -0.2) is 26.2 Å². The van der Waals surface area contributed by atoms with Crippen LogP contribution in [0.15, 0.2) is 58.4 Å².